The van der Waals surface area contributed by atoms with Gasteiger partial charge < -0.3 is 28.6 Å². The number of carbonyl (C=O) groups excluding carboxylic acids is 3. The first-order valence-corrected chi connectivity index (χ1v) is 31.0. The first kappa shape index (κ1) is 56.2. The van der Waals surface area contributed by atoms with Crippen LogP contribution < -0.4 is 0 Å². The molecule has 4 aliphatic heterocycles. The predicted molar refractivity (Wildman–Crippen MR) is 314 cm³/mol. The summed E-state index contributed by atoms with van der Waals surface area (Å²) in [5.41, 5.74) is 8.35. The third kappa shape index (κ3) is 12.3. The van der Waals surface area contributed by atoms with Crippen molar-refractivity contribution in [3.8, 4) is 0 Å². The van der Waals surface area contributed by atoms with E-state index in [4.69, 9.17) is 37.9 Å². The number of likely N-dealkylation sites (tertiary alicyclic amines) is 3. The van der Waals surface area contributed by atoms with Crippen molar-refractivity contribution in [3.63, 3.8) is 0 Å². The summed E-state index contributed by atoms with van der Waals surface area (Å²) in [5, 5.41) is 1.24. The van der Waals surface area contributed by atoms with E-state index < -0.39 is 15.6 Å². The van der Waals surface area contributed by atoms with Crippen LogP contribution in [0, 0.1) is 11.8 Å². The Kier molecular flexibility index (Phi) is 16.4. The fraction of sp³-hybridized carbons (Fsp3) is 0.435. The number of aromatic nitrogens is 6. The number of sulfonamides is 1. The zero-order valence-electron chi connectivity index (χ0n) is 46.4. The average Bonchev–Trinajstić information content (AvgIpc) is 4.36. The van der Waals surface area contributed by atoms with Crippen molar-refractivity contribution in [2.75, 3.05) is 45.5 Å². The molecule has 81 heavy (non-hydrogen) atoms. The van der Waals surface area contributed by atoms with Gasteiger partial charge in [-0.3, -0.25) is 19.6 Å². The zero-order valence-corrected chi connectivity index (χ0v) is 48.7. The number of pyridine rings is 2. The van der Waals surface area contributed by atoms with E-state index in [1.807, 2.05) is 136 Å². The van der Waals surface area contributed by atoms with Crippen molar-refractivity contribution in [2.24, 2.45) is 11.8 Å². The monoisotopic (exact) mass is 1150 g/mol. The molecule has 19 heteroatoms. The van der Waals surface area contributed by atoms with Gasteiger partial charge in [0.1, 0.15) is 5.60 Å². The third-order valence-corrected chi connectivity index (χ3v) is 18.8. The summed E-state index contributed by atoms with van der Waals surface area (Å²) >= 11 is 13.0. The molecule has 2 aliphatic carbocycles. The van der Waals surface area contributed by atoms with Crippen LogP contribution in [0.15, 0.2) is 110 Å². The lowest BCUT2D eigenvalue weighted by molar-refractivity contribution is -0.126. The summed E-state index contributed by atoms with van der Waals surface area (Å²) in [6.07, 6.45) is 26.5. The Bertz CT molecular complexity index is 3460. The molecule has 4 atom stereocenters. The van der Waals surface area contributed by atoms with Gasteiger partial charge in [0.25, 0.3) is 11.8 Å². The van der Waals surface area contributed by atoms with Gasteiger partial charge in [-0.05, 0) is 155 Å². The van der Waals surface area contributed by atoms with E-state index in [1.165, 1.54) is 6.26 Å². The molecule has 6 aromatic rings. The number of fused-ring (bicyclic) bond motifs is 4. The van der Waals surface area contributed by atoms with E-state index in [2.05, 4.69) is 16.0 Å². The quantitative estimate of drug-likeness (QED) is 0.136. The Hall–Kier alpha value is -6.66. The van der Waals surface area contributed by atoms with Gasteiger partial charge in [0.15, 0.2) is 0 Å². The largest absolute Gasteiger partial charge is 0.444 e. The van der Waals surface area contributed by atoms with Crippen LogP contribution in [0.3, 0.4) is 0 Å². The number of nitrogens with zero attached hydrogens (tertiary/aromatic N) is 10. The molecule has 3 amide bonds. The number of piperidine rings is 2. The summed E-state index contributed by atoms with van der Waals surface area (Å²) in [7, 11) is -3.23. The van der Waals surface area contributed by atoms with E-state index in [1.54, 1.807) is 29.2 Å². The van der Waals surface area contributed by atoms with Crippen LogP contribution in [0.1, 0.15) is 129 Å². The van der Waals surface area contributed by atoms with Crippen molar-refractivity contribution in [1.29, 1.82) is 0 Å². The first-order chi connectivity index (χ1) is 39.0. The Balaban J connectivity index is 0.000000171. The number of hydrogen-bond donors (Lipinski definition) is 0. The lowest BCUT2D eigenvalue weighted by Gasteiger charge is -2.37. The summed E-state index contributed by atoms with van der Waals surface area (Å²) in [6, 6.07) is 19.9. The minimum absolute atomic E-state index is 0.00494. The molecule has 0 N–H and O–H groups in total. The average molecular weight is 1150 g/mol. The van der Waals surface area contributed by atoms with E-state index in [0.29, 0.717) is 60.5 Å². The second-order valence-electron chi connectivity index (χ2n) is 23.4. The van der Waals surface area contributed by atoms with Crippen LogP contribution in [0.2, 0.25) is 10.0 Å². The zero-order chi connectivity index (χ0) is 56.6. The van der Waals surface area contributed by atoms with Crippen molar-refractivity contribution < 1.29 is 27.5 Å². The van der Waals surface area contributed by atoms with E-state index >= 15 is 0 Å². The molecule has 2 aromatic carbocycles. The third-order valence-electron chi connectivity index (χ3n) is 17.0. The molecule has 424 valence electrons. The fourth-order valence-electron chi connectivity index (χ4n) is 13.2. The number of carbonyl (C=O) groups is 3. The number of benzene rings is 2. The number of rotatable bonds is 9. The highest BCUT2D eigenvalue weighted by atomic mass is 35.5. The van der Waals surface area contributed by atoms with Crippen LogP contribution in [0.5, 0.6) is 0 Å². The SMILES string of the molecule is CC(C)(C)OC(=O)N1CCC(C2c3ccc(Cl)cc3C=C(C(=O)N3CCC[C@@H]3Cn3ccnc3)c3cccnc32)CC1.CS(=O)(=O)N1CCC(C2c3ccc(Cl)cc3C=C(C(=O)N3CCC[C@@H]3Cn3ccnc3)c3cccnc32)CC1. The van der Waals surface area contributed by atoms with Gasteiger partial charge in [-0.2, -0.15) is 0 Å². The molecule has 4 saturated heterocycles. The highest BCUT2D eigenvalue weighted by molar-refractivity contribution is 7.88. The van der Waals surface area contributed by atoms with Crippen molar-refractivity contribution in [2.45, 2.75) is 115 Å². The molecule has 2 unspecified atom stereocenters. The van der Waals surface area contributed by atoms with Crippen molar-refractivity contribution >= 4 is 74.4 Å². The van der Waals surface area contributed by atoms with Crippen LogP contribution in [-0.4, -0.2) is 138 Å². The summed E-state index contributed by atoms with van der Waals surface area (Å²) in [6.45, 7) is 10.7. The highest BCUT2D eigenvalue weighted by Crippen LogP contribution is 2.48. The first-order valence-electron chi connectivity index (χ1n) is 28.4. The second-order valence-corrected chi connectivity index (χ2v) is 26.3. The van der Waals surface area contributed by atoms with Crippen LogP contribution in [0.25, 0.3) is 23.3 Å². The summed E-state index contributed by atoms with van der Waals surface area (Å²) in [4.78, 5) is 65.4. The van der Waals surface area contributed by atoms with Gasteiger partial charge in [0.2, 0.25) is 10.0 Å². The Morgan fingerprint density at radius 1 is 0.617 bits per heavy atom. The molecular formula is C62H70Cl2N10O6S. The van der Waals surface area contributed by atoms with E-state index in [9.17, 15) is 22.8 Å². The second kappa shape index (κ2) is 23.7. The highest BCUT2D eigenvalue weighted by Gasteiger charge is 2.41. The van der Waals surface area contributed by atoms with Gasteiger partial charge >= 0.3 is 6.09 Å². The fourth-order valence-corrected chi connectivity index (χ4v) is 14.5. The lowest BCUT2D eigenvalue weighted by atomic mass is 9.76. The maximum atomic E-state index is 14.4. The molecule has 0 radical (unpaired) electrons. The van der Waals surface area contributed by atoms with Gasteiger partial charge in [-0.1, -0.05) is 47.5 Å². The van der Waals surface area contributed by atoms with Gasteiger partial charge in [-0.25, -0.2) is 27.5 Å². The molecule has 16 nitrogen and oxygen atoms in total. The standard InChI is InChI=1S/C33H38ClN5O3.C29H32ClN5O3S/c1-33(2,3)42-32(41)38-15-10-22(11-16-38)29-26-9-8-24(34)18-23(26)19-28(27-7-4-12-36-30(27)29)31(40)39-14-5-6-25(39)20-37-17-13-35-21-37;1-39(37,38)34-13-8-20(9-14-34)27-24-7-6-22(30)16-21(24)17-26(25-5-2-10-32-28(25)27)29(36)35-12-3-4-23(35)18-33-15-11-31-19-33/h4,7-9,12-13,17-19,21-22,25,29H,5-6,10-11,14-16,20H2,1-3H3;2,5-7,10-11,15-17,19-20,23,27H,3-4,8-9,12-14,18H2,1H3/t25-,29?;23-,27?/m11/s1. The molecular weight excluding hydrogens is 1080 g/mol. The number of amides is 3. The minimum atomic E-state index is -3.23. The van der Waals surface area contributed by atoms with Gasteiger partial charge in [-0.15, -0.1) is 0 Å². The number of imidazole rings is 2. The molecule has 8 heterocycles. The maximum absolute atomic E-state index is 14.4. The molecule has 4 fully saturated rings. The predicted octanol–water partition coefficient (Wildman–Crippen LogP) is 10.5. The maximum Gasteiger partial charge on any atom is 0.410 e. The van der Waals surface area contributed by atoms with E-state index in [-0.39, 0.29) is 53.7 Å². The minimum Gasteiger partial charge on any atom is -0.444 e. The van der Waals surface area contributed by atoms with Crippen LogP contribution >= 0.6 is 23.2 Å². The van der Waals surface area contributed by atoms with Gasteiger partial charge in [0.05, 0.1) is 30.3 Å². The Labute approximate surface area is 484 Å². The molecule has 12 rings (SSSR count). The number of ether oxygens (including phenoxy) is 1. The summed E-state index contributed by atoms with van der Waals surface area (Å²) < 4.78 is 35.6. The number of halogens is 2. The van der Waals surface area contributed by atoms with Crippen molar-refractivity contribution in [1.82, 2.24) is 48.1 Å². The smallest absolute Gasteiger partial charge is 0.410 e. The molecule has 4 aromatic heterocycles. The molecule has 0 spiro atoms. The molecule has 0 saturated carbocycles. The normalized spacial score (nSPS) is 21.5. The van der Waals surface area contributed by atoms with Crippen molar-refractivity contribution in [3.05, 3.63) is 165 Å². The number of hydrogen-bond acceptors (Lipinski definition) is 10. The summed E-state index contributed by atoms with van der Waals surface area (Å²) in [5.74, 6) is 0.345. The van der Waals surface area contributed by atoms with Crippen LogP contribution in [0.4, 0.5) is 4.79 Å². The Morgan fingerprint density at radius 2 is 1.07 bits per heavy atom. The van der Waals surface area contributed by atoms with Gasteiger partial charge in [0, 0.05) is 146 Å². The van der Waals surface area contributed by atoms with Crippen LogP contribution in [-0.2, 0) is 37.4 Å². The topological polar surface area (TPSA) is 169 Å². The van der Waals surface area contributed by atoms with E-state index in [0.717, 1.165) is 109 Å². The Morgan fingerprint density at radius 3 is 1.49 bits per heavy atom. The molecule has 0 bridgehead atoms. The molecule has 6 aliphatic rings. The lowest BCUT2D eigenvalue weighted by Crippen LogP contribution is -2.42.